The van der Waals surface area contributed by atoms with Crippen molar-refractivity contribution in [2.24, 2.45) is 23.7 Å². The van der Waals surface area contributed by atoms with Crippen LogP contribution in [-0.4, -0.2) is 32.0 Å². The number of ether oxygens (including phenoxy) is 1. The lowest BCUT2D eigenvalue weighted by molar-refractivity contribution is -0.178. The van der Waals surface area contributed by atoms with E-state index >= 15 is 0 Å². The van der Waals surface area contributed by atoms with Crippen LogP contribution in [0.3, 0.4) is 0 Å². The molecule has 0 saturated heterocycles. The quantitative estimate of drug-likeness (QED) is 0.228. The summed E-state index contributed by atoms with van der Waals surface area (Å²) in [6.07, 6.45) is 4.67. The Balaban J connectivity index is 1.62. The van der Waals surface area contributed by atoms with Gasteiger partial charge in [0, 0.05) is 23.7 Å². The molecule has 4 aliphatic rings. The van der Waals surface area contributed by atoms with Crippen molar-refractivity contribution in [3.8, 4) is 0 Å². The first-order valence-electron chi connectivity index (χ1n) is 10.3. The lowest BCUT2D eigenvalue weighted by Crippen LogP contribution is -2.60. The summed E-state index contributed by atoms with van der Waals surface area (Å²) in [5, 5.41) is 0. The number of hydrogen-bond acceptors (Lipinski definition) is 4. The largest absolute Gasteiger partial charge is 0.511 e. The van der Waals surface area contributed by atoms with Crippen LogP contribution >= 0.6 is 67.8 Å². The summed E-state index contributed by atoms with van der Waals surface area (Å²) >= 11 is 6.38. The molecule has 32 heavy (non-hydrogen) atoms. The zero-order valence-electron chi connectivity index (χ0n) is 16.7. The molecular weight excluding hydrogens is 788 g/mol. The van der Waals surface area contributed by atoms with Crippen molar-refractivity contribution in [1.82, 2.24) is 4.72 Å². The number of carbonyl (C=O) groups excluding carboxylic acids is 1. The SMILES string of the molecule is O=C(OC1(CCNS(=O)(=O)C(F)(F)F)C2CC3CC(C2)CC1C3)c1cc(I)cc(I)c1I. The van der Waals surface area contributed by atoms with E-state index in [1.54, 1.807) is 10.8 Å². The van der Waals surface area contributed by atoms with Crippen molar-refractivity contribution in [3.63, 3.8) is 0 Å². The van der Waals surface area contributed by atoms with E-state index in [1.165, 1.54) is 0 Å². The van der Waals surface area contributed by atoms with Gasteiger partial charge in [-0.1, -0.05) is 0 Å². The number of rotatable bonds is 6. The van der Waals surface area contributed by atoms with Gasteiger partial charge in [0.15, 0.2) is 0 Å². The monoisotopic (exact) mass is 809 g/mol. The summed E-state index contributed by atoms with van der Waals surface area (Å²) in [5.74, 6) is 0.692. The number of halogens is 6. The number of sulfonamides is 1. The van der Waals surface area contributed by atoms with Crippen molar-refractivity contribution in [3.05, 3.63) is 28.4 Å². The fraction of sp³-hybridized carbons (Fsp3) is 0.650. The van der Waals surface area contributed by atoms with E-state index in [-0.39, 0.29) is 18.3 Å². The van der Waals surface area contributed by atoms with Crippen LogP contribution in [0.4, 0.5) is 13.2 Å². The Morgan fingerprint density at radius 3 is 2.16 bits per heavy atom. The van der Waals surface area contributed by atoms with E-state index in [4.69, 9.17) is 4.74 Å². The Labute approximate surface area is 225 Å². The first kappa shape index (κ1) is 25.7. The number of benzene rings is 1. The van der Waals surface area contributed by atoms with Gasteiger partial charge in [0.2, 0.25) is 0 Å². The highest BCUT2D eigenvalue weighted by Gasteiger charge is 2.59. The van der Waals surface area contributed by atoms with Crippen LogP contribution in [0, 0.1) is 34.4 Å². The fourth-order valence-electron chi connectivity index (χ4n) is 6.00. The number of esters is 1. The first-order chi connectivity index (χ1) is 14.8. The second kappa shape index (κ2) is 9.22. The normalized spacial score (nSPS) is 31.7. The van der Waals surface area contributed by atoms with Crippen LogP contribution in [0.1, 0.15) is 48.9 Å². The van der Waals surface area contributed by atoms with E-state index in [2.05, 4.69) is 67.8 Å². The third-order valence-electron chi connectivity index (χ3n) is 7.13. The second-order valence-corrected chi connectivity index (χ2v) is 14.2. The Hall–Kier alpha value is 0.580. The van der Waals surface area contributed by atoms with E-state index < -0.39 is 33.6 Å². The summed E-state index contributed by atoms with van der Waals surface area (Å²) in [6.45, 7) is -0.418. The molecule has 1 aromatic rings. The van der Waals surface area contributed by atoms with Crippen molar-refractivity contribution in [2.45, 2.75) is 49.6 Å². The van der Waals surface area contributed by atoms with Crippen LogP contribution < -0.4 is 4.72 Å². The van der Waals surface area contributed by atoms with Gasteiger partial charge in [0.05, 0.1) is 5.56 Å². The zero-order chi connectivity index (χ0) is 23.5. The molecule has 5 rings (SSSR count). The first-order valence-corrected chi connectivity index (χ1v) is 15.0. The van der Waals surface area contributed by atoms with E-state index in [9.17, 15) is 26.4 Å². The molecule has 0 unspecified atom stereocenters. The van der Waals surface area contributed by atoms with Crippen LogP contribution in [0.15, 0.2) is 12.1 Å². The van der Waals surface area contributed by atoms with Crippen LogP contribution in [0.2, 0.25) is 0 Å². The summed E-state index contributed by atoms with van der Waals surface area (Å²) in [4.78, 5) is 13.3. The molecule has 1 N–H and O–H groups in total. The van der Waals surface area contributed by atoms with E-state index in [1.807, 2.05) is 6.07 Å². The smallest absolute Gasteiger partial charge is 0.455 e. The molecular formula is C20H21F3I3NO4S. The third-order valence-corrected chi connectivity index (χ3v) is 12.0. The maximum Gasteiger partial charge on any atom is 0.511 e. The van der Waals surface area contributed by atoms with Crippen molar-refractivity contribution in [2.75, 3.05) is 6.54 Å². The zero-order valence-corrected chi connectivity index (χ0v) is 24.0. The predicted molar refractivity (Wildman–Crippen MR) is 137 cm³/mol. The second-order valence-electron chi connectivity index (χ2n) is 8.99. The van der Waals surface area contributed by atoms with Crippen LogP contribution in [0.5, 0.6) is 0 Å². The maximum absolute atomic E-state index is 13.3. The van der Waals surface area contributed by atoms with Crippen LogP contribution in [0.25, 0.3) is 0 Å². The predicted octanol–water partition coefficient (Wildman–Crippen LogP) is 5.68. The topological polar surface area (TPSA) is 72.5 Å². The van der Waals surface area contributed by atoms with Gasteiger partial charge in [-0.3, -0.25) is 0 Å². The summed E-state index contributed by atoms with van der Waals surface area (Å²) in [6, 6.07) is 3.70. The minimum Gasteiger partial charge on any atom is -0.455 e. The van der Waals surface area contributed by atoms with Gasteiger partial charge in [-0.2, -0.15) is 13.2 Å². The molecule has 0 amide bonds. The van der Waals surface area contributed by atoms with Gasteiger partial charge < -0.3 is 4.74 Å². The fourth-order valence-corrected chi connectivity index (χ4v) is 8.91. The molecule has 178 valence electrons. The number of nitrogens with one attached hydrogen (secondary N) is 1. The van der Waals surface area contributed by atoms with Crippen molar-refractivity contribution < 1.29 is 31.1 Å². The van der Waals surface area contributed by atoms with Gasteiger partial charge in [-0.25, -0.2) is 17.9 Å². The Kier molecular flexibility index (Phi) is 7.40. The molecule has 0 aliphatic heterocycles. The lowest BCUT2D eigenvalue weighted by atomic mass is 9.49. The van der Waals surface area contributed by atoms with Gasteiger partial charge >= 0.3 is 21.5 Å². The van der Waals surface area contributed by atoms with Gasteiger partial charge in [-0.05, 0) is 136 Å². The molecule has 5 nitrogen and oxygen atoms in total. The molecule has 1 aromatic carbocycles. The molecule has 4 bridgehead atoms. The van der Waals surface area contributed by atoms with E-state index in [0.717, 1.165) is 42.8 Å². The summed E-state index contributed by atoms with van der Waals surface area (Å²) in [7, 11) is -5.44. The van der Waals surface area contributed by atoms with E-state index in [0.29, 0.717) is 17.4 Å². The molecule has 0 radical (unpaired) electrons. The average Bonchev–Trinajstić information content (AvgIpc) is 2.66. The maximum atomic E-state index is 13.3. The highest BCUT2D eigenvalue weighted by Crippen LogP contribution is 2.60. The molecule has 0 spiro atoms. The molecule has 0 aromatic heterocycles. The minimum atomic E-state index is -5.44. The molecule has 4 aliphatic carbocycles. The number of carbonyl (C=O) groups is 1. The van der Waals surface area contributed by atoms with Gasteiger partial charge in [0.1, 0.15) is 5.60 Å². The van der Waals surface area contributed by atoms with Crippen molar-refractivity contribution >= 4 is 83.8 Å². The summed E-state index contributed by atoms with van der Waals surface area (Å²) in [5.41, 5.74) is -5.88. The number of hydrogen-bond donors (Lipinski definition) is 1. The highest BCUT2D eigenvalue weighted by molar-refractivity contribution is 14.1. The standard InChI is InChI=1S/C20H21F3I3NO4S/c21-20(22,23)32(29,30)27-2-1-19(12-4-10-3-11(6-12)7-13(19)5-10)31-18(28)15-8-14(24)9-16(25)17(15)26/h8-13,27H,1-7H2. The Morgan fingerprint density at radius 2 is 1.62 bits per heavy atom. The third kappa shape index (κ3) is 4.81. The van der Waals surface area contributed by atoms with Crippen LogP contribution in [-0.2, 0) is 14.8 Å². The Bertz CT molecular complexity index is 1000. The molecule has 12 heteroatoms. The molecule has 4 fully saturated rings. The molecule has 0 atom stereocenters. The average molecular weight is 809 g/mol. The minimum absolute atomic E-state index is 0.0395. The highest BCUT2D eigenvalue weighted by atomic mass is 127. The molecule has 4 saturated carbocycles. The lowest BCUT2D eigenvalue weighted by Gasteiger charge is -2.60. The van der Waals surface area contributed by atoms with Gasteiger partial charge in [0.25, 0.3) is 0 Å². The van der Waals surface area contributed by atoms with Gasteiger partial charge in [-0.15, -0.1) is 0 Å². The summed E-state index contributed by atoms with van der Waals surface area (Å²) < 4.78 is 71.9. The van der Waals surface area contributed by atoms with Crippen molar-refractivity contribution in [1.29, 1.82) is 0 Å². The Morgan fingerprint density at radius 1 is 1.06 bits per heavy atom. The number of alkyl halides is 3. The molecule has 0 heterocycles.